The van der Waals surface area contributed by atoms with Gasteiger partial charge in [-0.15, -0.1) is 11.6 Å². The minimum absolute atomic E-state index is 0.543. The van der Waals surface area contributed by atoms with Crippen LogP contribution in [-0.4, -0.2) is 13.1 Å². The first-order chi connectivity index (χ1) is 8.76. The molecule has 1 aliphatic carbocycles. The van der Waals surface area contributed by atoms with E-state index in [1.165, 1.54) is 50.0 Å². The van der Waals surface area contributed by atoms with Crippen molar-refractivity contribution in [1.29, 1.82) is 0 Å². The predicted octanol–water partition coefficient (Wildman–Crippen LogP) is 4.71. The highest BCUT2D eigenvalue weighted by Gasteiger charge is 2.31. The van der Waals surface area contributed by atoms with Crippen LogP contribution in [0.1, 0.15) is 31.2 Å². The predicted molar refractivity (Wildman–Crippen MR) is 78.7 cm³/mol. The van der Waals surface area contributed by atoms with Crippen LogP contribution in [0.3, 0.4) is 0 Å². The van der Waals surface area contributed by atoms with Crippen LogP contribution in [0, 0.1) is 11.8 Å². The molecule has 1 nitrogen and oxygen atoms in total. The molecule has 1 heterocycles. The summed E-state index contributed by atoms with van der Waals surface area (Å²) in [6, 6.07) is 6.13. The van der Waals surface area contributed by atoms with Crippen LogP contribution in [0.4, 0.5) is 5.69 Å². The van der Waals surface area contributed by atoms with Crippen LogP contribution in [0.2, 0.25) is 5.02 Å². The van der Waals surface area contributed by atoms with E-state index in [4.69, 9.17) is 23.2 Å². The van der Waals surface area contributed by atoms with Crippen molar-refractivity contribution in [2.45, 2.75) is 31.6 Å². The molecule has 1 saturated carbocycles. The van der Waals surface area contributed by atoms with Crippen LogP contribution in [0.15, 0.2) is 18.2 Å². The van der Waals surface area contributed by atoms with Crippen molar-refractivity contribution in [3.8, 4) is 0 Å². The highest BCUT2D eigenvalue weighted by atomic mass is 35.5. The minimum atomic E-state index is 0.543. The maximum absolute atomic E-state index is 6.06. The smallest absolute Gasteiger partial charge is 0.0495 e. The van der Waals surface area contributed by atoms with Gasteiger partial charge in [0.2, 0.25) is 0 Å². The van der Waals surface area contributed by atoms with E-state index < -0.39 is 0 Å². The van der Waals surface area contributed by atoms with Crippen molar-refractivity contribution in [3.05, 3.63) is 28.8 Å². The fourth-order valence-corrected chi connectivity index (χ4v) is 4.01. The average molecular weight is 284 g/mol. The highest BCUT2D eigenvalue weighted by molar-refractivity contribution is 6.30. The lowest BCUT2D eigenvalue weighted by molar-refractivity contribution is 0.231. The number of rotatable bonds is 2. The summed E-state index contributed by atoms with van der Waals surface area (Å²) in [5.74, 6) is 2.31. The normalized spacial score (nSPS) is 27.3. The first-order valence-electron chi connectivity index (χ1n) is 6.85. The molecule has 3 heteroatoms. The van der Waals surface area contributed by atoms with Gasteiger partial charge in [0.15, 0.2) is 0 Å². The lowest BCUT2D eigenvalue weighted by atomic mass is 9.77. The molecule has 1 aromatic rings. The number of hydrogen-bond donors (Lipinski definition) is 0. The lowest BCUT2D eigenvalue weighted by Gasteiger charge is -2.43. The van der Waals surface area contributed by atoms with Crippen LogP contribution in [0.5, 0.6) is 0 Å². The van der Waals surface area contributed by atoms with E-state index in [1.54, 1.807) is 0 Å². The van der Waals surface area contributed by atoms with Gasteiger partial charge < -0.3 is 4.90 Å². The Bertz CT molecular complexity index is 421. The summed E-state index contributed by atoms with van der Waals surface area (Å²) < 4.78 is 0. The van der Waals surface area contributed by atoms with E-state index in [0.717, 1.165) is 16.9 Å². The van der Waals surface area contributed by atoms with Gasteiger partial charge in [-0.1, -0.05) is 18.0 Å². The van der Waals surface area contributed by atoms with Crippen molar-refractivity contribution < 1.29 is 0 Å². The third-order valence-corrected chi connectivity index (χ3v) is 4.90. The monoisotopic (exact) mass is 283 g/mol. The number of anilines is 1. The summed E-state index contributed by atoms with van der Waals surface area (Å²) in [7, 11) is 0. The number of benzene rings is 1. The number of fused-ring (bicyclic) bond motifs is 2. The number of nitrogens with zero attached hydrogens (tertiary/aromatic N) is 1. The second-order valence-corrected chi connectivity index (χ2v) is 6.41. The maximum Gasteiger partial charge on any atom is 0.0495 e. The number of piperidine rings is 1. The van der Waals surface area contributed by atoms with Crippen LogP contribution in [-0.2, 0) is 5.88 Å². The van der Waals surface area contributed by atoms with E-state index in [2.05, 4.69) is 11.0 Å². The van der Waals surface area contributed by atoms with E-state index in [9.17, 15) is 0 Å². The summed E-state index contributed by atoms with van der Waals surface area (Å²) >= 11 is 12.1. The van der Waals surface area contributed by atoms with E-state index in [0.29, 0.717) is 5.88 Å². The molecule has 0 amide bonds. The molecular formula is C15H19Cl2N. The first kappa shape index (κ1) is 12.6. The standard InChI is InChI=1S/C15H19Cl2N/c16-8-13-7-14(17)4-5-15(13)18-9-11-2-1-3-12(6-11)10-18/h4-5,7,11-12H,1-3,6,8-10H2. The molecular weight excluding hydrogens is 265 g/mol. The van der Waals surface area contributed by atoms with Crippen LogP contribution < -0.4 is 4.90 Å². The van der Waals surface area contributed by atoms with Gasteiger partial charge in [0.25, 0.3) is 0 Å². The lowest BCUT2D eigenvalue weighted by Crippen LogP contribution is -2.43. The second-order valence-electron chi connectivity index (χ2n) is 5.71. The van der Waals surface area contributed by atoms with E-state index in [1.807, 2.05) is 12.1 Å². The third-order valence-electron chi connectivity index (χ3n) is 4.37. The van der Waals surface area contributed by atoms with Crippen molar-refractivity contribution in [1.82, 2.24) is 0 Å². The van der Waals surface area contributed by atoms with Crippen molar-refractivity contribution in [2.24, 2.45) is 11.8 Å². The van der Waals surface area contributed by atoms with Gasteiger partial charge in [0.05, 0.1) is 0 Å². The summed E-state index contributed by atoms with van der Waals surface area (Å²) in [6.45, 7) is 2.39. The van der Waals surface area contributed by atoms with Crippen molar-refractivity contribution in [2.75, 3.05) is 18.0 Å². The fourth-order valence-electron chi connectivity index (χ4n) is 3.60. The van der Waals surface area contributed by atoms with Gasteiger partial charge in [-0.05, 0) is 54.9 Å². The van der Waals surface area contributed by atoms with E-state index in [-0.39, 0.29) is 0 Å². The molecule has 2 unspecified atom stereocenters. The van der Waals surface area contributed by atoms with E-state index >= 15 is 0 Å². The molecule has 1 saturated heterocycles. The Morgan fingerprint density at radius 2 is 1.89 bits per heavy atom. The molecule has 2 fully saturated rings. The molecule has 18 heavy (non-hydrogen) atoms. The van der Waals surface area contributed by atoms with Gasteiger partial charge >= 0.3 is 0 Å². The third kappa shape index (κ3) is 2.48. The van der Waals surface area contributed by atoms with Gasteiger partial charge in [-0.2, -0.15) is 0 Å². The zero-order chi connectivity index (χ0) is 12.5. The fraction of sp³-hybridized carbons (Fsp3) is 0.600. The maximum atomic E-state index is 6.06. The van der Waals surface area contributed by atoms with Crippen LogP contribution >= 0.6 is 23.2 Å². The second kappa shape index (κ2) is 5.30. The molecule has 0 radical (unpaired) electrons. The first-order valence-corrected chi connectivity index (χ1v) is 7.77. The van der Waals surface area contributed by atoms with Crippen molar-refractivity contribution >= 4 is 28.9 Å². The van der Waals surface area contributed by atoms with Crippen LogP contribution in [0.25, 0.3) is 0 Å². The summed E-state index contributed by atoms with van der Waals surface area (Å²) in [5.41, 5.74) is 2.47. The average Bonchev–Trinajstić information content (AvgIpc) is 2.38. The Kier molecular flexibility index (Phi) is 3.72. The SMILES string of the molecule is ClCc1cc(Cl)ccc1N1CC2CCCC(C2)C1. The summed E-state index contributed by atoms with van der Waals surface area (Å²) in [6.07, 6.45) is 5.65. The van der Waals surface area contributed by atoms with Gasteiger partial charge in [-0.3, -0.25) is 0 Å². The number of hydrogen-bond acceptors (Lipinski definition) is 1. The Hall–Kier alpha value is -0.400. The van der Waals surface area contributed by atoms with Gasteiger partial charge in [0, 0.05) is 29.7 Å². The largest absolute Gasteiger partial charge is 0.371 e. The molecule has 1 aromatic carbocycles. The summed E-state index contributed by atoms with van der Waals surface area (Å²) in [5, 5.41) is 0.784. The number of alkyl halides is 1. The zero-order valence-corrected chi connectivity index (χ0v) is 12.1. The minimum Gasteiger partial charge on any atom is -0.371 e. The Morgan fingerprint density at radius 3 is 2.56 bits per heavy atom. The quantitative estimate of drug-likeness (QED) is 0.711. The molecule has 0 N–H and O–H groups in total. The Labute approximate surface area is 119 Å². The Morgan fingerprint density at radius 1 is 1.17 bits per heavy atom. The van der Waals surface area contributed by atoms with Gasteiger partial charge in [0.1, 0.15) is 0 Å². The molecule has 3 rings (SSSR count). The molecule has 1 aliphatic heterocycles. The molecule has 2 atom stereocenters. The molecule has 2 bridgehead atoms. The topological polar surface area (TPSA) is 3.24 Å². The Balaban J connectivity index is 1.86. The number of halogens is 2. The highest BCUT2D eigenvalue weighted by Crippen LogP contribution is 2.37. The molecule has 2 aliphatic rings. The molecule has 0 spiro atoms. The zero-order valence-electron chi connectivity index (χ0n) is 10.5. The molecule has 98 valence electrons. The summed E-state index contributed by atoms with van der Waals surface area (Å²) in [4.78, 5) is 2.53. The van der Waals surface area contributed by atoms with Crippen molar-refractivity contribution in [3.63, 3.8) is 0 Å². The van der Waals surface area contributed by atoms with Gasteiger partial charge in [-0.25, -0.2) is 0 Å². The molecule has 0 aromatic heterocycles.